The van der Waals surface area contributed by atoms with Crippen molar-refractivity contribution in [2.24, 2.45) is 11.1 Å². The molecule has 7 nitrogen and oxygen atoms in total. The maximum atomic E-state index is 13.1. The normalized spacial score (nSPS) is 28.1. The van der Waals surface area contributed by atoms with Gasteiger partial charge in [0, 0.05) is 17.7 Å². The molecule has 2 N–H and O–H groups in total. The molecule has 2 aliphatic heterocycles. The Kier molecular flexibility index (Phi) is 5.06. The molecule has 4 atom stereocenters. The van der Waals surface area contributed by atoms with E-state index < -0.39 is 35.3 Å². The van der Waals surface area contributed by atoms with Crippen molar-refractivity contribution in [3.63, 3.8) is 0 Å². The summed E-state index contributed by atoms with van der Waals surface area (Å²) in [4.78, 5) is 39.0. The second kappa shape index (κ2) is 7.31. The largest absolute Gasteiger partial charge is 0.465 e. The number of nitrogens with zero attached hydrogens (tertiary/aromatic N) is 2. The van der Waals surface area contributed by atoms with Crippen molar-refractivity contribution in [3.8, 4) is 6.07 Å². The van der Waals surface area contributed by atoms with E-state index >= 15 is 0 Å². The number of hydrogen-bond donors (Lipinski definition) is 1. The molecule has 4 unspecified atom stereocenters. The van der Waals surface area contributed by atoms with Crippen LogP contribution in [-0.2, 0) is 19.1 Å². The Bertz CT molecular complexity index is 915. The molecule has 1 aromatic carbocycles. The van der Waals surface area contributed by atoms with Gasteiger partial charge < -0.3 is 15.4 Å². The zero-order valence-electron chi connectivity index (χ0n) is 15.7. The van der Waals surface area contributed by atoms with Gasteiger partial charge in [-0.15, -0.1) is 0 Å². The fourth-order valence-electron chi connectivity index (χ4n) is 4.13. The summed E-state index contributed by atoms with van der Waals surface area (Å²) in [6, 6.07) is 9.22. The highest BCUT2D eigenvalue weighted by atomic mass is 16.5. The molecule has 1 amide bonds. The number of esters is 1. The predicted octanol–water partition coefficient (Wildman–Crippen LogP) is 1.42. The van der Waals surface area contributed by atoms with Gasteiger partial charge in [0.25, 0.3) is 0 Å². The average molecular weight is 379 g/mol. The summed E-state index contributed by atoms with van der Waals surface area (Å²) in [5.41, 5.74) is 5.03. The first-order valence-electron chi connectivity index (χ1n) is 8.99. The van der Waals surface area contributed by atoms with Crippen molar-refractivity contribution < 1.29 is 19.1 Å². The number of hydrogen-bond acceptors (Lipinski definition) is 6. The predicted molar refractivity (Wildman–Crippen MR) is 100 cm³/mol. The van der Waals surface area contributed by atoms with Gasteiger partial charge in [-0.05, 0) is 19.4 Å². The number of carbonyl (C=O) groups is 3. The number of allylic oxidation sites excluding steroid dienone is 2. The van der Waals surface area contributed by atoms with Crippen LogP contribution in [0.5, 0.6) is 0 Å². The Labute approximate surface area is 163 Å². The van der Waals surface area contributed by atoms with Gasteiger partial charge in [0.1, 0.15) is 6.04 Å². The minimum Gasteiger partial charge on any atom is -0.465 e. The number of benzene rings is 1. The second-order valence-corrected chi connectivity index (χ2v) is 6.83. The highest BCUT2D eigenvalue weighted by Gasteiger charge is 2.66. The third-order valence-electron chi connectivity index (χ3n) is 5.32. The lowest BCUT2D eigenvalue weighted by Gasteiger charge is -2.32. The molecule has 144 valence electrons. The lowest BCUT2D eigenvalue weighted by molar-refractivity contribution is -0.153. The summed E-state index contributed by atoms with van der Waals surface area (Å²) in [6.45, 7) is 3.16. The quantitative estimate of drug-likeness (QED) is 0.774. The van der Waals surface area contributed by atoms with Gasteiger partial charge >= 0.3 is 5.97 Å². The van der Waals surface area contributed by atoms with Crippen LogP contribution in [0.15, 0.2) is 54.3 Å². The van der Waals surface area contributed by atoms with Crippen LogP contribution >= 0.6 is 0 Å². The number of primary amides is 1. The number of carbonyl (C=O) groups excluding carboxylic acids is 3. The van der Waals surface area contributed by atoms with Crippen molar-refractivity contribution in [1.29, 1.82) is 5.26 Å². The Balaban J connectivity index is 2.28. The van der Waals surface area contributed by atoms with E-state index in [0.717, 1.165) is 0 Å². The molecule has 0 spiro atoms. The van der Waals surface area contributed by atoms with E-state index in [4.69, 9.17) is 10.5 Å². The zero-order valence-corrected chi connectivity index (χ0v) is 15.7. The van der Waals surface area contributed by atoms with Gasteiger partial charge in [-0.2, -0.15) is 5.26 Å². The van der Waals surface area contributed by atoms with E-state index in [9.17, 15) is 19.6 Å². The molecule has 0 radical (unpaired) electrons. The number of ketones is 1. The summed E-state index contributed by atoms with van der Waals surface area (Å²) >= 11 is 0. The van der Waals surface area contributed by atoms with Crippen molar-refractivity contribution in [1.82, 2.24) is 4.90 Å². The number of nitrogens with two attached hydrogens (primary N) is 1. The van der Waals surface area contributed by atoms with Crippen LogP contribution in [0, 0.1) is 16.7 Å². The monoisotopic (exact) mass is 379 g/mol. The molecule has 0 aliphatic carbocycles. The third kappa shape index (κ3) is 2.78. The molecule has 28 heavy (non-hydrogen) atoms. The lowest BCUT2D eigenvalue weighted by Crippen LogP contribution is -2.45. The summed E-state index contributed by atoms with van der Waals surface area (Å²) in [6.07, 6.45) is 4.69. The first-order valence-corrected chi connectivity index (χ1v) is 8.99. The van der Waals surface area contributed by atoms with Gasteiger partial charge in [-0.1, -0.05) is 42.5 Å². The number of fused-ring (bicyclic) bond motifs is 1. The van der Waals surface area contributed by atoms with Crippen LogP contribution in [0.25, 0.3) is 0 Å². The fraction of sp³-hybridized carbons (Fsp3) is 0.333. The topological polar surface area (TPSA) is 113 Å². The van der Waals surface area contributed by atoms with Crippen LogP contribution in [-0.4, -0.2) is 41.3 Å². The van der Waals surface area contributed by atoms with Gasteiger partial charge in [0.15, 0.2) is 11.2 Å². The third-order valence-corrected chi connectivity index (χ3v) is 5.32. The number of nitriles is 1. The van der Waals surface area contributed by atoms with Crippen molar-refractivity contribution in [2.45, 2.75) is 31.8 Å². The summed E-state index contributed by atoms with van der Waals surface area (Å²) in [5.74, 6) is -2.45. The van der Waals surface area contributed by atoms with E-state index in [1.165, 1.54) is 13.1 Å². The Morgan fingerprint density at radius 3 is 2.50 bits per heavy atom. The smallest absolute Gasteiger partial charge is 0.329 e. The summed E-state index contributed by atoms with van der Waals surface area (Å²) < 4.78 is 5.26. The average Bonchev–Trinajstić information content (AvgIpc) is 2.99. The molecule has 3 rings (SSSR count). The number of rotatable bonds is 5. The maximum absolute atomic E-state index is 13.1. The molecule has 0 aromatic heterocycles. The van der Waals surface area contributed by atoms with Crippen LogP contribution in [0.2, 0.25) is 0 Å². The van der Waals surface area contributed by atoms with Gasteiger partial charge in [0.05, 0.1) is 18.7 Å². The minimum absolute atomic E-state index is 0.0932. The summed E-state index contributed by atoms with van der Waals surface area (Å²) in [7, 11) is 0. The van der Waals surface area contributed by atoms with Gasteiger partial charge in [0.2, 0.25) is 5.91 Å². The van der Waals surface area contributed by atoms with Crippen molar-refractivity contribution >= 4 is 17.7 Å². The Morgan fingerprint density at radius 2 is 1.96 bits per heavy atom. The Hall–Kier alpha value is -3.40. The molecule has 7 heteroatoms. The minimum atomic E-state index is -1.69. The SMILES string of the molecule is CCOC(=O)C1(C#N)C(c2ccccc2)C(C(N)=O)N2C=C(C(C)=O)C=CC21. The molecule has 2 heterocycles. The Morgan fingerprint density at radius 1 is 1.29 bits per heavy atom. The lowest BCUT2D eigenvalue weighted by atomic mass is 9.68. The zero-order chi connectivity index (χ0) is 20.5. The van der Waals surface area contributed by atoms with Crippen molar-refractivity contribution in [3.05, 3.63) is 59.8 Å². The number of amides is 1. The van der Waals surface area contributed by atoms with Gasteiger partial charge in [-0.3, -0.25) is 14.4 Å². The molecule has 1 aromatic rings. The van der Waals surface area contributed by atoms with E-state index in [1.807, 2.05) is 0 Å². The van der Waals surface area contributed by atoms with Crippen LogP contribution in [0.3, 0.4) is 0 Å². The molecule has 0 bridgehead atoms. The first-order chi connectivity index (χ1) is 13.4. The fourth-order valence-corrected chi connectivity index (χ4v) is 4.13. The molecular formula is C21H21N3O4. The molecular weight excluding hydrogens is 358 g/mol. The van der Waals surface area contributed by atoms with E-state index in [1.54, 1.807) is 54.3 Å². The molecule has 0 saturated carbocycles. The van der Waals surface area contributed by atoms with E-state index in [-0.39, 0.29) is 12.4 Å². The van der Waals surface area contributed by atoms with Gasteiger partial charge in [-0.25, -0.2) is 0 Å². The van der Waals surface area contributed by atoms with E-state index in [2.05, 4.69) is 6.07 Å². The van der Waals surface area contributed by atoms with Crippen molar-refractivity contribution in [2.75, 3.05) is 6.61 Å². The van der Waals surface area contributed by atoms with E-state index in [0.29, 0.717) is 11.1 Å². The standard InChI is InChI=1S/C21H21N3O4/c1-3-28-20(27)21(12-22)16-10-9-15(13(2)25)11-24(16)18(19(23)26)17(21)14-7-5-4-6-8-14/h4-11,16-18H,3H2,1-2H3,(H2,23,26). The molecule has 2 aliphatic rings. The van der Waals surface area contributed by atoms with Crippen LogP contribution < -0.4 is 5.73 Å². The summed E-state index contributed by atoms with van der Waals surface area (Å²) in [5, 5.41) is 10.2. The first kappa shape index (κ1) is 19.4. The molecule has 1 fully saturated rings. The number of ether oxygens (including phenoxy) is 1. The highest BCUT2D eigenvalue weighted by Crippen LogP contribution is 2.53. The van der Waals surface area contributed by atoms with Crippen LogP contribution in [0.4, 0.5) is 0 Å². The highest BCUT2D eigenvalue weighted by molar-refractivity contribution is 5.97. The molecule has 1 saturated heterocycles. The van der Waals surface area contributed by atoms with Crippen LogP contribution in [0.1, 0.15) is 25.3 Å². The maximum Gasteiger partial charge on any atom is 0.329 e. The number of Topliss-reactive ketones (excluding diaryl/α,β-unsaturated/α-hetero) is 1. The second-order valence-electron chi connectivity index (χ2n) is 6.83.